The first-order valence-electron chi connectivity index (χ1n) is 16.0. The van der Waals surface area contributed by atoms with Crippen molar-refractivity contribution in [3.05, 3.63) is 154 Å². The average molecular weight is 652 g/mol. The number of allylic oxidation sites excluding steroid dienone is 1. The molecule has 1 aliphatic carbocycles. The Kier molecular flexibility index (Phi) is 7.92. The van der Waals surface area contributed by atoms with Crippen molar-refractivity contribution in [1.82, 2.24) is 9.78 Å². The molecule has 3 N–H and O–H groups in total. The molecule has 1 saturated carbocycles. The zero-order valence-electron chi connectivity index (χ0n) is 26.5. The molecule has 0 radical (unpaired) electrons. The molecular formula is C39H36F3N3O3. The molecule has 2 heterocycles. The number of fused-ring (bicyclic) bond motifs is 1. The molecule has 0 spiro atoms. The quantitative estimate of drug-likeness (QED) is 0.175. The van der Waals surface area contributed by atoms with E-state index in [1.807, 2.05) is 56.4 Å². The number of hydrogen-bond acceptors (Lipinski definition) is 5. The van der Waals surface area contributed by atoms with E-state index in [1.54, 1.807) is 18.2 Å². The van der Waals surface area contributed by atoms with Crippen molar-refractivity contribution in [2.24, 2.45) is 5.92 Å². The van der Waals surface area contributed by atoms with Crippen LogP contribution < -0.4 is 4.90 Å². The molecule has 0 saturated heterocycles. The fourth-order valence-electron chi connectivity index (χ4n) is 7.61. The first-order valence-corrected chi connectivity index (χ1v) is 16.0. The Bertz CT molecular complexity index is 1950. The van der Waals surface area contributed by atoms with E-state index < -0.39 is 52.8 Å². The number of anilines is 1. The molecule has 3 atom stereocenters. The lowest BCUT2D eigenvalue weighted by molar-refractivity contribution is -0.145. The predicted molar refractivity (Wildman–Crippen MR) is 178 cm³/mol. The number of benzene rings is 4. The standard InChI is InChI=1S/C39H36F3N3O3/c1-24-17-19-26(20-18-24)23-38(22-25-11-5-3-6-12-25)29-15-9-10-16-30(29)44(2)31(38)21-28-34(46)32(35(28)47)33-36(39(40,41)42)43-45(37(33)48)27-13-7-4-8-14-27/h3-21,28,32,34-35,46-48H,22-23H2,1-2H3. The van der Waals surface area contributed by atoms with Gasteiger partial charge in [-0.15, -0.1) is 0 Å². The smallest absolute Gasteiger partial charge is 0.435 e. The lowest BCUT2D eigenvalue weighted by Gasteiger charge is -2.46. The molecule has 6 nitrogen and oxygen atoms in total. The van der Waals surface area contributed by atoms with Gasteiger partial charge < -0.3 is 20.2 Å². The van der Waals surface area contributed by atoms with E-state index in [1.165, 1.54) is 12.1 Å². The van der Waals surface area contributed by atoms with Gasteiger partial charge in [-0.25, -0.2) is 4.68 Å². The third-order valence-corrected chi connectivity index (χ3v) is 9.98. The van der Waals surface area contributed by atoms with Crippen molar-refractivity contribution in [2.75, 3.05) is 11.9 Å². The first kappa shape index (κ1) is 31.7. The van der Waals surface area contributed by atoms with Gasteiger partial charge in [-0.2, -0.15) is 18.3 Å². The number of halogens is 3. The van der Waals surface area contributed by atoms with Crippen molar-refractivity contribution < 1.29 is 28.5 Å². The SMILES string of the molecule is Cc1ccc(CC2(Cc3ccccc3)C(=CC3C(O)C(c4c(C(F)(F)F)nn(-c5ccccc5)c4O)C3O)N(C)c3ccccc32)cc1. The summed E-state index contributed by atoms with van der Waals surface area (Å²) in [6, 6.07) is 34.5. The predicted octanol–water partition coefficient (Wildman–Crippen LogP) is 7.10. The molecule has 3 unspecified atom stereocenters. The second-order valence-corrected chi connectivity index (χ2v) is 13.0. The molecule has 9 heteroatoms. The number of aromatic nitrogens is 2. The Balaban J connectivity index is 1.33. The highest BCUT2D eigenvalue weighted by Gasteiger charge is 2.56. The molecule has 5 aromatic rings. The van der Waals surface area contributed by atoms with Gasteiger partial charge in [0.05, 0.1) is 23.5 Å². The summed E-state index contributed by atoms with van der Waals surface area (Å²) in [7, 11) is 1.94. The maximum atomic E-state index is 14.3. The highest BCUT2D eigenvalue weighted by Crippen LogP contribution is 2.55. The summed E-state index contributed by atoms with van der Waals surface area (Å²) in [6.45, 7) is 2.04. The number of aliphatic hydroxyl groups excluding tert-OH is 2. The second kappa shape index (κ2) is 12.0. The van der Waals surface area contributed by atoms with E-state index >= 15 is 0 Å². The van der Waals surface area contributed by atoms with Crippen LogP contribution in [-0.4, -0.2) is 44.4 Å². The minimum atomic E-state index is -4.93. The number of nitrogens with zero attached hydrogens (tertiary/aromatic N) is 3. The number of hydrogen-bond donors (Lipinski definition) is 3. The van der Waals surface area contributed by atoms with Crippen molar-refractivity contribution >= 4 is 5.69 Å². The van der Waals surface area contributed by atoms with Gasteiger partial charge in [0.1, 0.15) is 0 Å². The summed E-state index contributed by atoms with van der Waals surface area (Å²) >= 11 is 0. The molecule has 1 aliphatic heterocycles. The fourth-order valence-corrected chi connectivity index (χ4v) is 7.61. The molecule has 1 fully saturated rings. The largest absolute Gasteiger partial charge is 0.493 e. The number of alkyl halides is 3. The minimum absolute atomic E-state index is 0.223. The summed E-state index contributed by atoms with van der Waals surface area (Å²) in [6.07, 6.45) is -4.71. The maximum Gasteiger partial charge on any atom is 0.435 e. The van der Waals surface area contributed by atoms with E-state index in [0.29, 0.717) is 12.8 Å². The molecule has 7 rings (SSSR count). The topological polar surface area (TPSA) is 81.8 Å². The highest BCUT2D eigenvalue weighted by atomic mass is 19.4. The van der Waals surface area contributed by atoms with E-state index in [9.17, 15) is 28.5 Å². The van der Waals surface area contributed by atoms with Gasteiger partial charge in [0.2, 0.25) is 5.88 Å². The van der Waals surface area contributed by atoms with Crippen LogP contribution in [0.3, 0.4) is 0 Å². The van der Waals surface area contributed by atoms with Crippen LogP contribution in [0.5, 0.6) is 5.88 Å². The molecule has 2 aliphatic rings. The van der Waals surface area contributed by atoms with Gasteiger partial charge in [0, 0.05) is 35.7 Å². The summed E-state index contributed by atoms with van der Waals surface area (Å²) in [5, 5.41) is 38.0. The number of aryl methyl sites for hydroxylation is 1. The van der Waals surface area contributed by atoms with Crippen molar-refractivity contribution in [3.63, 3.8) is 0 Å². The maximum absolute atomic E-state index is 14.3. The van der Waals surface area contributed by atoms with Crippen LogP contribution >= 0.6 is 0 Å². The second-order valence-electron chi connectivity index (χ2n) is 13.0. The van der Waals surface area contributed by atoms with Crippen LogP contribution in [0.4, 0.5) is 18.9 Å². The van der Waals surface area contributed by atoms with Crippen LogP contribution in [0.2, 0.25) is 0 Å². The number of para-hydroxylation sites is 2. The molecule has 4 aromatic carbocycles. The summed E-state index contributed by atoms with van der Waals surface area (Å²) < 4.78 is 43.8. The monoisotopic (exact) mass is 651 g/mol. The Morgan fingerprint density at radius 1 is 0.792 bits per heavy atom. The number of rotatable bonds is 7. The fraction of sp³-hybridized carbons (Fsp3) is 0.256. The van der Waals surface area contributed by atoms with Gasteiger partial charge in [0.15, 0.2) is 5.69 Å². The van der Waals surface area contributed by atoms with E-state index in [4.69, 9.17) is 0 Å². The van der Waals surface area contributed by atoms with Gasteiger partial charge in [-0.05, 0) is 54.7 Å². The third-order valence-electron chi connectivity index (χ3n) is 9.98. The van der Waals surface area contributed by atoms with Crippen LogP contribution in [0, 0.1) is 12.8 Å². The molecule has 48 heavy (non-hydrogen) atoms. The molecule has 246 valence electrons. The minimum Gasteiger partial charge on any atom is -0.493 e. The van der Waals surface area contributed by atoms with Crippen molar-refractivity contribution in [3.8, 4) is 11.6 Å². The Morgan fingerprint density at radius 2 is 1.35 bits per heavy atom. The van der Waals surface area contributed by atoms with E-state index in [0.717, 1.165) is 38.3 Å². The third kappa shape index (κ3) is 5.27. The number of aromatic hydroxyl groups is 1. The van der Waals surface area contributed by atoms with Crippen molar-refractivity contribution in [1.29, 1.82) is 0 Å². The summed E-state index contributed by atoms with van der Waals surface area (Å²) in [5.41, 5.74) is 3.91. The number of likely N-dealkylation sites (N-methyl/N-ethyl adjacent to an activating group) is 1. The zero-order chi connectivity index (χ0) is 33.8. The van der Waals surface area contributed by atoms with Crippen LogP contribution in [-0.2, 0) is 24.4 Å². The molecule has 0 amide bonds. The Labute approximate surface area is 277 Å². The number of aliphatic hydroxyl groups is 2. The normalized spacial score (nSPS) is 24.5. The highest BCUT2D eigenvalue weighted by molar-refractivity contribution is 5.71. The molecule has 0 bridgehead atoms. The van der Waals surface area contributed by atoms with Gasteiger partial charge in [0.25, 0.3) is 0 Å². The van der Waals surface area contributed by atoms with Crippen LogP contribution in [0.1, 0.15) is 39.4 Å². The van der Waals surface area contributed by atoms with Gasteiger partial charge >= 0.3 is 6.18 Å². The Hall–Kier alpha value is -4.86. The van der Waals surface area contributed by atoms with Crippen LogP contribution in [0.15, 0.2) is 121 Å². The Morgan fingerprint density at radius 3 is 1.98 bits per heavy atom. The molecule has 1 aromatic heterocycles. The summed E-state index contributed by atoms with van der Waals surface area (Å²) in [5.74, 6) is -3.07. The van der Waals surface area contributed by atoms with Crippen LogP contribution in [0.25, 0.3) is 5.69 Å². The van der Waals surface area contributed by atoms with Crippen molar-refractivity contribution in [2.45, 2.75) is 49.5 Å². The summed E-state index contributed by atoms with van der Waals surface area (Å²) in [4.78, 5) is 2.06. The zero-order valence-corrected chi connectivity index (χ0v) is 26.5. The van der Waals surface area contributed by atoms with E-state index in [-0.39, 0.29) is 5.69 Å². The van der Waals surface area contributed by atoms with E-state index in [2.05, 4.69) is 52.5 Å². The van der Waals surface area contributed by atoms with Gasteiger partial charge in [-0.1, -0.05) is 103 Å². The average Bonchev–Trinajstić information content (AvgIpc) is 3.53. The lowest BCUT2D eigenvalue weighted by atomic mass is 9.63. The first-order chi connectivity index (χ1) is 23.0. The lowest BCUT2D eigenvalue weighted by Crippen LogP contribution is -2.53. The van der Waals surface area contributed by atoms with Gasteiger partial charge in [-0.3, -0.25) is 0 Å². The molecular weight excluding hydrogens is 615 g/mol.